The molecular formula is C14H26ClN3O2. The third-order valence-electron chi connectivity index (χ3n) is 4.46. The van der Waals surface area contributed by atoms with E-state index >= 15 is 0 Å². The van der Waals surface area contributed by atoms with Crippen LogP contribution in [-0.4, -0.2) is 74.2 Å². The van der Waals surface area contributed by atoms with Crippen molar-refractivity contribution in [3.63, 3.8) is 0 Å². The molecule has 2 saturated heterocycles. The Morgan fingerprint density at radius 2 is 1.90 bits per heavy atom. The molecule has 3 fully saturated rings. The van der Waals surface area contributed by atoms with Gasteiger partial charge in [-0.05, 0) is 25.2 Å². The third-order valence-corrected chi connectivity index (χ3v) is 4.46. The Kier molecular flexibility index (Phi) is 6.08. The number of carbonyl (C=O) groups is 1. The summed E-state index contributed by atoms with van der Waals surface area (Å²) in [5.41, 5.74) is 0. The molecule has 2 aliphatic heterocycles. The van der Waals surface area contributed by atoms with Gasteiger partial charge in [0.15, 0.2) is 0 Å². The number of likely N-dealkylation sites (tertiary alicyclic amines) is 1. The highest BCUT2D eigenvalue weighted by molar-refractivity contribution is 5.85. The second-order valence-corrected chi connectivity index (χ2v) is 6.03. The average Bonchev–Trinajstić information content (AvgIpc) is 3.13. The van der Waals surface area contributed by atoms with Crippen molar-refractivity contribution < 1.29 is 9.53 Å². The lowest BCUT2D eigenvalue weighted by atomic mass is 10.2. The van der Waals surface area contributed by atoms with E-state index in [9.17, 15) is 4.79 Å². The normalized spacial score (nSPS) is 27.4. The molecule has 116 valence electrons. The molecular weight excluding hydrogens is 278 g/mol. The van der Waals surface area contributed by atoms with Crippen LogP contribution in [0.5, 0.6) is 0 Å². The Bertz CT molecular complexity index is 320. The molecule has 1 atom stereocenters. The fraction of sp³-hybridized carbons (Fsp3) is 0.929. The molecule has 0 radical (unpaired) electrons. The van der Waals surface area contributed by atoms with Crippen molar-refractivity contribution in [1.29, 1.82) is 0 Å². The van der Waals surface area contributed by atoms with Crippen LogP contribution in [0.25, 0.3) is 0 Å². The quantitative estimate of drug-likeness (QED) is 0.796. The van der Waals surface area contributed by atoms with Crippen molar-refractivity contribution in [1.82, 2.24) is 15.1 Å². The van der Waals surface area contributed by atoms with Crippen LogP contribution in [0.2, 0.25) is 0 Å². The van der Waals surface area contributed by atoms with Gasteiger partial charge in [-0.3, -0.25) is 9.69 Å². The van der Waals surface area contributed by atoms with Gasteiger partial charge < -0.3 is 15.0 Å². The molecule has 0 aromatic rings. The number of nitrogens with one attached hydrogen (secondary N) is 1. The molecule has 1 unspecified atom stereocenters. The van der Waals surface area contributed by atoms with Crippen molar-refractivity contribution in [2.75, 3.05) is 52.5 Å². The van der Waals surface area contributed by atoms with Crippen molar-refractivity contribution in [3.05, 3.63) is 0 Å². The highest BCUT2D eigenvalue weighted by Gasteiger charge is 2.31. The average molecular weight is 304 g/mol. The van der Waals surface area contributed by atoms with E-state index in [0.717, 1.165) is 58.2 Å². The van der Waals surface area contributed by atoms with Crippen LogP contribution in [-0.2, 0) is 9.53 Å². The van der Waals surface area contributed by atoms with Gasteiger partial charge in [-0.15, -0.1) is 12.4 Å². The number of rotatable bonds is 5. The third kappa shape index (κ3) is 4.32. The SMILES string of the molecule is Cl.O=C(COCC1CC1)N1CCC(N2CCNCC2)C1. The van der Waals surface area contributed by atoms with Gasteiger partial charge >= 0.3 is 0 Å². The highest BCUT2D eigenvalue weighted by atomic mass is 35.5. The maximum Gasteiger partial charge on any atom is 0.248 e. The van der Waals surface area contributed by atoms with Crippen LogP contribution >= 0.6 is 12.4 Å². The first-order valence-electron chi connectivity index (χ1n) is 7.63. The largest absolute Gasteiger partial charge is 0.371 e. The first-order chi connectivity index (χ1) is 9.33. The zero-order valence-electron chi connectivity index (χ0n) is 12.1. The topological polar surface area (TPSA) is 44.8 Å². The van der Waals surface area contributed by atoms with Crippen molar-refractivity contribution >= 4 is 18.3 Å². The molecule has 3 rings (SSSR count). The Morgan fingerprint density at radius 1 is 1.15 bits per heavy atom. The predicted molar refractivity (Wildman–Crippen MR) is 80.2 cm³/mol. The molecule has 3 aliphatic rings. The molecule has 5 nitrogen and oxygen atoms in total. The Hall–Kier alpha value is -0.360. The van der Waals surface area contributed by atoms with Crippen molar-refractivity contribution in [3.8, 4) is 0 Å². The van der Waals surface area contributed by atoms with Gasteiger partial charge in [-0.25, -0.2) is 0 Å². The molecule has 1 N–H and O–H groups in total. The molecule has 6 heteroatoms. The van der Waals surface area contributed by atoms with Gasteiger partial charge in [-0.2, -0.15) is 0 Å². The molecule has 1 aliphatic carbocycles. The number of piperazine rings is 1. The summed E-state index contributed by atoms with van der Waals surface area (Å²) < 4.78 is 5.50. The second kappa shape index (κ2) is 7.59. The van der Waals surface area contributed by atoms with Crippen LogP contribution in [0.4, 0.5) is 0 Å². The zero-order chi connectivity index (χ0) is 13.1. The molecule has 1 amide bonds. The fourth-order valence-electron chi connectivity index (χ4n) is 3.00. The summed E-state index contributed by atoms with van der Waals surface area (Å²) in [7, 11) is 0. The minimum absolute atomic E-state index is 0. The summed E-state index contributed by atoms with van der Waals surface area (Å²) in [6, 6.07) is 0.564. The van der Waals surface area contributed by atoms with E-state index in [2.05, 4.69) is 10.2 Å². The lowest BCUT2D eigenvalue weighted by Gasteiger charge is -2.32. The van der Waals surface area contributed by atoms with Gasteiger partial charge in [0.1, 0.15) is 6.61 Å². The molecule has 1 saturated carbocycles. The van der Waals surface area contributed by atoms with Gasteiger partial charge in [0.05, 0.1) is 6.61 Å². The molecule has 0 aromatic heterocycles. The Labute approximate surface area is 127 Å². The summed E-state index contributed by atoms with van der Waals surface area (Å²) in [4.78, 5) is 16.6. The number of carbonyl (C=O) groups excluding carboxylic acids is 1. The first-order valence-corrected chi connectivity index (χ1v) is 7.63. The van der Waals surface area contributed by atoms with E-state index in [1.54, 1.807) is 0 Å². The number of hydrogen-bond donors (Lipinski definition) is 1. The van der Waals surface area contributed by atoms with E-state index < -0.39 is 0 Å². The lowest BCUT2D eigenvalue weighted by Crippen LogP contribution is -2.49. The van der Waals surface area contributed by atoms with E-state index in [0.29, 0.717) is 6.04 Å². The van der Waals surface area contributed by atoms with Gasteiger partial charge in [0.25, 0.3) is 0 Å². The smallest absolute Gasteiger partial charge is 0.248 e. The van der Waals surface area contributed by atoms with Crippen molar-refractivity contribution in [2.24, 2.45) is 5.92 Å². The van der Waals surface area contributed by atoms with Crippen LogP contribution < -0.4 is 5.32 Å². The minimum atomic E-state index is 0. The highest BCUT2D eigenvalue weighted by Crippen LogP contribution is 2.28. The second-order valence-electron chi connectivity index (χ2n) is 6.03. The first kappa shape index (κ1) is 16.0. The number of hydrogen-bond acceptors (Lipinski definition) is 4. The van der Waals surface area contributed by atoms with E-state index in [-0.39, 0.29) is 24.9 Å². The number of ether oxygens (including phenoxy) is 1. The maximum atomic E-state index is 12.0. The number of nitrogens with zero attached hydrogens (tertiary/aromatic N) is 2. The van der Waals surface area contributed by atoms with Crippen molar-refractivity contribution in [2.45, 2.75) is 25.3 Å². The van der Waals surface area contributed by atoms with Gasteiger partial charge in [0.2, 0.25) is 5.91 Å². The van der Waals surface area contributed by atoms with E-state index in [1.165, 1.54) is 12.8 Å². The summed E-state index contributed by atoms with van der Waals surface area (Å²) >= 11 is 0. The molecule has 0 spiro atoms. The molecule has 0 bridgehead atoms. The fourth-order valence-corrected chi connectivity index (χ4v) is 3.00. The Morgan fingerprint density at radius 3 is 2.60 bits per heavy atom. The van der Waals surface area contributed by atoms with E-state index in [1.807, 2.05) is 4.90 Å². The monoisotopic (exact) mass is 303 g/mol. The summed E-state index contributed by atoms with van der Waals surface area (Å²) in [6.45, 7) is 7.25. The lowest BCUT2D eigenvalue weighted by molar-refractivity contribution is -0.135. The van der Waals surface area contributed by atoms with Gasteiger partial charge in [0, 0.05) is 45.3 Å². The molecule has 0 aromatic carbocycles. The van der Waals surface area contributed by atoms with Crippen LogP contribution in [0.15, 0.2) is 0 Å². The minimum Gasteiger partial charge on any atom is -0.371 e. The summed E-state index contributed by atoms with van der Waals surface area (Å²) in [5, 5.41) is 3.37. The standard InChI is InChI=1S/C14H25N3O2.ClH/c18-14(11-19-10-12-1-2-12)17-6-3-13(9-17)16-7-4-15-5-8-16;/h12-13,15H,1-11H2;1H. The molecule has 2 heterocycles. The number of amides is 1. The zero-order valence-corrected chi connectivity index (χ0v) is 12.9. The van der Waals surface area contributed by atoms with Gasteiger partial charge in [-0.1, -0.05) is 0 Å². The summed E-state index contributed by atoms with van der Waals surface area (Å²) in [6.07, 6.45) is 3.68. The summed E-state index contributed by atoms with van der Waals surface area (Å²) in [5.74, 6) is 0.915. The molecule has 20 heavy (non-hydrogen) atoms. The van der Waals surface area contributed by atoms with Crippen LogP contribution in [0.1, 0.15) is 19.3 Å². The van der Waals surface area contributed by atoms with Crippen LogP contribution in [0.3, 0.4) is 0 Å². The predicted octanol–water partition coefficient (Wildman–Crippen LogP) is 0.341. The number of halogens is 1. The Balaban J connectivity index is 0.00000147. The van der Waals surface area contributed by atoms with E-state index in [4.69, 9.17) is 4.74 Å². The maximum absolute atomic E-state index is 12.0. The van der Waals surface area contributed by atoms with Crippen LogP contribution in [0, 0.1) is 5.92 Å².